The van der Waals surface area contributed by atoms with Gasteiger partial charge in [-0.1, -0.05) is 0 Å². The third-order valence-electron chi connectivity index (χ3n) is 4.40. The van der Waals surface area contributed by atoms with Crippen molar-refractivity contribution >= 4 is 23.3 Å². The monoisotopic (exact) mass is 307 g/mol. The predicted molar refractivity (Wildman–Crippen MR) is 82.4 cm³/mol. The molecule has 2 aliphatic rings. The van der Waals surface area contributed by atoms with Gasteiger partial charge in [-0.25, -0.2) is 4.79 Å². The lowest BCUT2D eigenvalue weighted by Gasteiger charge is -2.32. The van der Waals surface area contributed by atoms with Crippen LogP contribution in [0.2, 0.25) is 0 Å². The maximum absolute atomic E-state index is 12.1. The van der Waals surface area contributed by atoms with Crippen molar-refractivity contribution in [3.63, 3.8) is 0 Å². The van der Waals surface area contributed by atoms with Crippen molar-refractivity contribution in [2.75, 3.05) is 26.2 Å². The number of likely N-dealkylation sites (tertiary alicyclic amines) is 1. The number of urea groups is 1. The Balaban J connectivity index is 1.41. The zero-order chi connectivity index (χ0) is 14.7. The van der Waals surface area contributed by atoms with Gasteiger partial charge in [0.25, 0.3) is 0 Å². The summed E-state index contributed by atoms with van der Waals surface area (Å²) in [5.74, 6) is 0.924. The van der Waals surface area contributed by atoms with Crippen LogP contribution in [0.4, 0.5) is 4.79 Å². The van der Waals surface area contributed by atoms with Crippen LogP contribution >= 0.6 is 11.3 Å². The van der Waals surface area contributed by atoms with E-state index in [1.165, 1.54) is 5.56 Å². The third-order valence-corrected chi connectivity index (χ3v) is 5.10. The summed E-state index contributed by atoms with van der Waals surface area (Å²) >= 11 is 1.74. The summed E-state index contributed by atoms with van der Waals surface area (Å²) in [5.41, 5.74) is 1.41. The van der Waals surface area contributed by atoms with Crippen molar-refractivity contribution < 1.29 is 9.59 Å². The fourth-order valence-corrected chi connectivity index (χ4v) is 3.82. The molecule has 1 aromatic rings. The SMILES string of the molecule is O=C1CC(CNC(=O)N2CCC(c3ccsc3)CC2)CN1. The van der Waals surface area contributed by atoms with Crippen molar-refractivity contribution in [3.05, 3.63) is 22.4 Å². The highest BCUT2D eigenvalue weighted by Gasteiger charge is 2.26. The quantitative estimate of drug-likeness (QED) is 0.894. The molecule has 21 heavy (non-hydrogen) atoms. The summed E-state index contributed by atoms with van der Waals surface area (Å²) in [7, 11) is 0. The Hall–Kier alpha value is -1.56. The van der Waals surface area contributed by atoms with Crippen LogP contribution < -0.4 is 10.6 Å². The smallest absolute Gasteiger partial charge is 0.317 e. The minimum atomic E-state index is 0.0121. The fraction of sp³-hybridized carbons (Fsp3) is 0.600. The third kappa shape index (κ3) is 3.56. The van der Waals surface area contributed by atoms with Gasteiger partial charge in [-0.3, -0.25) is 4.79 Å². The molecule has 2 aliphatic heterocycles. The number of amides is 3. The number of nitrogens with one attached hydrogen (secondary N) is 2. The van der Waals surface area contributed by atoms with Crippen LogP contribution in [0.3, 0.4) is 0 Å². The Labute approximate surface area is 128 Å². The summed E-state index contributed by atoms with van der Waals surface area (Å²) in [6.07, 6.45) is 2.60. The second-order valence-electron chi connectivity index (χ2n) is 5.88. The van der Waals surface area contributed by atoms with E-state index in [1.54, 1.807) is 11.3 Å². The Bertz CT molecular complexity index is 495. The Morgan fingerprint density at radius 3 is 2.86 bits per heavy atom. The zero-order valence-corrected chi connectivity index (χ0v) is 12.8. The lowest BCUT2D eigenvalue weighted by Crippen LogP contribution is -2.45. The summed E-state index contributed by atoms with van der Waals surface area (Å²) < 4.78 is 0. The van der Waals surface area contributed by atoms with Crippen molar-refractivity contribution in [3.8, 4) is 0 Å². The molecule has 0 aromatic carbocycles. The molecule has 0 aliphatic carbocycles. The van der Waals surface area contributed by atoms with Gasteiger partial charge in [-0.2, -0.15) is 11.3 Å². The normalized spacial score (nSPS) is 23.1. The minimum Gasteiger partial charge on any atom is -0.356 e. The molecule has 0 spiro atoms. The number of rotatable bonds is 3. The fourth-order valence-electron chi connectivity index (χ4n) is 3.08. The van der Waals surface area contributed by atoms with Gasteiger partial charge in [0.05, 0.1) is 0 Å². The van der Waals surface area contributed by atoms with E-state index in [-0.39, 0.29) is 17.9 Å². The lowest BCUT2D eigenvalue weighted by molar-refractivity contribution is -0.119. The van der Waals surface area contributed by atoms with Crippen LogP contribution in [0, 0.1) is 5.92 Å². The molecule has 2 fully saturated rings. The summed E-state index contributed by atoms with van der Waals surface area (Å²) in [6.45, 7) is 2.89. The number of nitrogens with zero attached hydrogens (tertiary/aromatic N) is 1. The molecule has 3 heterocycles. The van der Waals surface area contributed by atoms with Gasteiger partial charge in [0.2, 0.25) is 5.91 Å². The van der Waals surface area contributed by atoms with Crippen molar-refractivity contribution in [1.82, 2.24) is 15.5 Å². The Morgan fingerprint density at radius 1 is 1.43 bits per heavy atom. The van der Waals surface area contributed by atoms with E-state index in [0.29, 0.717) is 25.4 Å². The summed E-state index contributed by atoms with van der Waals surface area (Å²) in [6, 6.07) is 2.20. The van der Waals surface area contributed by atoms with Crippen LogP contribution in [-0.2, 0) is 4.79 Å². The first-order valence-corrected chi connectivity index (χ1v) is 8.48. The van der Waals surface area contributed by atoms with Gasteiger partial charge < -0.3 is 15.5 Å². The molecule has 5 nitrogen and oxygen atoms in total. The topological polar surface area (TPSA) is 61.4 Å². The zero-order valence-electron chi connectivity index (χ0n) is 12.0. The Morgan fingerprint density at radius 2 is 2.24 bits per heavy atom. The highest BCUT2D eigenvalue weighted by molar-refractivity contribution is 7.07. The van der Waals surface area contributed by atoms with E-state index in [1.807, 2.05) is 4.90 Å². The van der Waals surface area contributed by atoms with Crippen LogP contribution in [0.1, 0.15) is 30.7 Å². The molecule has 2 N–H and O–H groups in total. The van der Waals surface area contributed by atoms with E-state index >= 15 is 0 Å². The summed E-state index contributed by atoms with van der Waals surface area (Å²) in [4.78, 5) is 25.2. The second-order valence-corrected chi connectivity index (χ2v) is 6.66. The molecule has 0 saturated carbocycles. The maximum Gasteiger partial charge on any atom is 0.317 e. The van der Waals surface area contributed by atoms with E-state index < -0.39 is 0 Å². The van der Waals surface area contributed by atoms with Crippen molar-refractivity contribution in [2.24, 2.45) is 5.92 Å². The van der Waals surface area contributed by atoms with Gasteiger partial charge in [0, 0.05) is 38.5 Å². The van der Waals surface area contributed by atoms with E-state index in [9.17, 15) is 9.59 Å². The van der Waals surface area contributed by atoms with Crippen LogP contribution in [0.15, 0.2) is 16.8 Å². The molecule has 0 bridgehead atoms. The van der Waals surface area contributed by atoms with Gasteiger partial charge in [-0.15, -0.1) is 0 Å². The van der Waals surface area contributed by atoms with Crippen molar-refractivity contribution in [1.29, 1.82) is 0 Å². The second kappa shape index (κ2) is 6.47. The van der Waals surface area contributed by atoms with Crippen LogP contribution in [0.25, 0.3) is 0 Å². The molecule has 6 heteroatoms. The summed E-state index contributed by atoms with van der Waals surface area (Å²) in [5, 5.41) is 10.1. The number of carbonyl (C=O) groups excluding carboxylic acids is 2. The van der Waals surface area contributed by atoms with E-state index in [0.717, 1.165) is 25.9 Å². The molecule has 1 unspecified atom stereocenters. The molecule has 2 saturated heterocycles. The lowest BCUT2D eigenvalue weighted by atomic mass is 9.91. The Kier molecular flexibility index (Phi) is 4.43. The molecule has 3 rings (SSSR count). The largest absolute Gasteiger partial charge is 0.356 e. The number of hydrogen-bond acceptors (Lipinski definition) is 3. The standard InChI is InChI=1S/C15H21N3O2S/c19-14-7-11(8-16-14)9-17-15(20)18-4-1-12(2-5-18)13-3-6-21-10-13/h3,6,10-12H,1-2,4-5,7-9H2,(H,16,19)(H,17,20). The van der Waals surface area contributed by atoms with Gasteiger partial charge in [-0.05, 0) is 41.1 Å². The van der Waals surface area contributed by atoms with Gasteiger partial charge in [0.15, 0.2) is 0 Å². The van der Waals surface area contributed by atoms with Crippen LogP contribution in [0.5, 0.6) is 0 Å². The van der Waals surface area contributed by atoms with Crippen LogP contribution in [-0.4, -0.2) is 43.0 Å². The van der Waals surface area contributed by atoms with Crippen molar-refractivity contribution in [2.45, 2.75) is 25.2 Å². The molecular weight excluding hydrogens is 286 g/mol. The first-order chi connectivity index (χ1) is 10.2. The number of thiophene rings is 1. The van der Waals surface area contributed by atoms with E-state index in [2.05, 4.69) is 27.5 Å². The average molecular weight is 307 g/mol. The highest BCUT2D eigenvalue weighted by atomic mass is 32.1. The molecule has 3 amide bonds. The molecular formula is C15H21N3O2S. The molecule has 0 radical (unpaired) electrons. The number of hydrogen-bond donors (Lipinski definition) is 2. The number of piperidine rings is 1. The van der Waals surface area contributed by atoms with Gasteiger partial charge >= 0.3 is 6.03 Å². The van der Waals surface area contributed by atoms with E-state index in [4.69, 9.17) is 0 Å². The average Bonchev–Trinajstić information content (AvgIpc) is 3.16. The maximum atomic E-state index is 12.1. The first-order valence-electron chi connectivity index (χ1n) is 7.54. The number of carbonyl (C=O) groups is 2. The van der Waals surface area contributed by atoms with Gasteiger partial charge in [0.1, 0.15) is 0 Å². The predicted octanol–water partition coefficient (Wildman–Crippen LogP) is 1.77. The minimum absolute atomic E-state index is 0.0121. The highest BCUT2D eigenvalue weighted by Crippen LogP contribution is 2.29. The molecule has 114 valence electrons. The molecule has 1 atom stereocenters. The first kappa shape index (κ1) is 14.4. The molecule has 1 aromatic heterocycles.